The van der Waals surface area contributed by atoms with Gasteiger partial charge in [-0.2, -0.15) is 8.42 Å². The van der Waals surface area contributed by atoms with Crippen molar-refractivity contribution in [1.82, 2.24) is 0 Å². The van der Waals surface area contributed by atoms with Crippen LogP contribution in [0.2, 0.25) is 0 Å². The fourth-order valence-corrected chi connectivity index (χ4v) is 0.887. The molecule has 1 aromatic carbocycles. The molecule has 0 amide bonds. The Morgan fingerprint density at radius 3 is 2.07 bits per heavy atom. The molecule has 0 aromatic heterocycles. The molecule has 0 bridgehead atoms. The zero-order chi connectivity index (χ0) is 11.9. The number of benzene rings is 1. The van der Waals surface area contributed by atoms with Gasteiger partial charge in [-0.25, -0.2) is 5.14 Å². The van der Waals surface area contributed by atoms with Crippen LogP contribution in [0.3, 0.4) is 0 Å². The molecule has 1 unspecified atom stereocenters. The zero-order valence-electron chi connectivity index (χ0n) is 8.37. The molecule has 0 heterocycles. The van der Waals surface area contributed by atoms with Crippen molar-refractivity contribution in [3.05, 3.63) is 35.9 Å². The summed E-state index contributed by atoms with van der Waals surface area (Å²) in [6.07, 6.45) is 0. The largest absolute Gasteiger partial charge is 0.396 e. The first-order valence-electron chi connectivity index (χ1n) is 4.25. The number of hydrogen-bond acceptors (Lipinski definition) is 3. The molecule has 0 fully saturated rings. The highest BCUT2D eigenvalue weighted by molar-refractivity contribution is 7.83. The van der Waals surface area contributed by atoms with Crippen molar-refractivity contribution < 1.29 is 18.1 Å². The first kappa shape index (κ1) is 14.1. The van der Waals surface area contributed by atoms with Crippen molar-refractivity contribution in [2.75, 3.05) is 6.61 Å². The summed E-state index contributed by atoms with van der Waals surface area (Å²) in [5.74, 6) is 0.265. The maximum Gasteiger partial charge on any atom is 0.330 e. The second-order valence-corrected chi connectivity index (χ2v) is 4.04. The van der Waals surface area contributed by atoms with Crippen molar-refractivity contribution in [2.45, 2.75) is 12.8 Å². The van der Waals surface area contributed by atoms with Gasteiger partial charge in [-0.1, -0.05) is 37.3 Å². The highest BCUT2D eigenvalue weighted by Gasteiger charge is 2.00. The lowest BCUT2D eigenvalue weighted by atomic mass is 10.0. The number of hydrogen-bond donors (Lipinski definition) is 3. The Hall–Kier alpha value is -0.950. The Morgan fingerprint density at radius 1 is 1.33 bits per heavy atom. The lowest BCUT2D eigenvalue weighted by molar-refractivity contribution is 0.273. The molecule has 0 aliphatic carbocycles. The Kier molecular flexibility index (Phi) is 6.11. The van der Waals surface area contributed by atoms with Gasteiger partial charge in [-0.3, -0.25) is 4.55 Å². The predicted octanol–water partition coefficient (Wildman–Crippen LogP) is 0.530. The highest BCUT2D eigenvalue weighted by atomic mass is 32.2. The summed E-state index contributed by atoms with van der Waals surface area (Å²) in [4.78, 5) is 0. The van der Waals surface area contributed by atoms with Crippen molar-refractivity contribution in [3.63, 3.8) is 0 Å². The van der Waals surface area contributed by atoms with E-state index >= 15 is 0 Å². The molecule has 1 aromatic rings. The van der Waals surface area contributed by atoms with Gasteiger partial charge in [0.1, 0.15) is 0 Å². The van der Waals surface area contributed by atoms with Gasteiger partial charge >= 0.3 is 10.3 Å². The smallest absolute Gasteiger partial charge is 0.330 e. The lowest BCUT2D eigenvalue weighted by Gasteiger charge is -2.05. The van der Waals surface area contributed by atoms with Crippen LogP contribution in [0.15, 0.2) is 30.3 Å². The van der Waals surface area contributed by atoms with Gasteiger partial charge in [0.05, 0.1) is 0 Å². The molecule has 5 nitrogen and oxygen atoms in total. The van der Waals surface area contributed by atoms with Crippen LogP contribution in [0.5, 0.6) is 0 Å². The van der Waals surface area contributed by atoms with Gasteiger partial charge in [0.15, 0.2) is 0 Å². The molecule has 0 aliphatic heterocycles. The maximum atomic E-state index is 8.97. The van der Waals surface area contributed by atoms with E-state index in [2.05, 4.69) is 5.14 Å². The van der Waals surface area contributed by atoms with Gasteiger partial charge in [0.2, 0.25) is 0 Å². The van der Waals surface area contributed by atoms with Gasteiger partial charge in [-0.15, -0.1) is 0 Å². The van der Waals surface area contributed by atoms with Crippen LogP contribution in [0, 0.1) is 0 Å². The molecular formula is C9H15NO4S. The molecule has 0 radical (unpaired) electrons. The Morgan fingerprint density at radius 2 is 1.73 bits per heavy atom. The third kappa shape index (κ3) is 9.36. The molecule has 0 saturated carbocycles. The summed E-state index contributed by atoms with van der Waals surface area (Å²) < 4.78 is 25.2. The Balaban J connectivity index is 0.000000336. The molecule has 86 valence electrons. The third-order valence-electron chi connectivity index (χ3n) is 1.64. The molecule has 0 saturated heterocycles. The standard InChI is InChI=1S/C9H12O.H3NO3S/c1-8(7-10)9-5-3-2-4-6-9;1-5(2,3)4/h2-6,8,10H,7H2,1H3;(H3,1,2,3,4). The molecule has 4 N–H and O–H groups in total. The van der Waals surface area contributed by atoms with Crippen LogP contribution < -0.4 is 5.14 Å². The van der Waals surface area contributed by atoms with E-state index < -0.39 is 10.3 Å². The summed E-state index contributed by atoms with van der Waals surface area (Å²) in [7, 11) is -4.17. The van der Waals surface area contributed by atoms with Crippen molar-refractivity contribution in [1.29, 1.82) is 0 Å². The SMILES string of the molecule is CC(CO)c1ccccc1.NS(=O)(=O)O. The normalized spacial score (nSPS) is 12.5. The lowest BCUT2D eigenvalue weighted by Crippen LogP contribution is -2.08. The van der Waals surface area contributed by atoms with E-state index in [-0.39, 0.29) is 12.5 Å². The summed E-state index contributed by atoms with van der Waals surface area (Å²) >= 11 is 0. The van der Waals surface area contributed by atoms with Crippen molar-refractivity contribution in [2.24, 2.45) is 5.14 Å². The number of nitrogens with two attached hydrogens (primary N) is 1. The summed E-state index contributed by atoms with van der Waals surface area (Å²) in [6.45, 7) is 2.24. The molecule has 1 rings (SSSR count). The third-order valence-corrected chi connectivity index (χ3v) is 1.64. The average molecular weight is 233 g/mol. The van der Waals surface area contributed by atoms with Gasteiger partial charge < -0.3 is 5.11 Å². The minimum atomic E-state index is -4.17. The van der Waals surface area contributed by atoms with Crippen LogP contribution in [0.25, 0.3) is 0 Å². The summed E-state index contributed by atoms with van der Waals surface area (Å²) in [6, 6.07) is 10.0. The topological polar surface area (TPSA) is 101 Å². The number of aliphatic hydroxyl groups excluding tert-OH is 1. The predicted molar refractivity (Wildman–Crippen MR) is 57.7 cm³/mol. The second kappa shape index (κ2) is 6.52. The van der Waals surface area contributed by atoms with E-state index in [1.165, 1.54) is 5.56 Å². The molecule has 0 spiro atoms. The average Bonchev–Trinajstić information content (AvgIpc) is 2.15. The maximum absolute atomic E-state index is 8.97. The van der Waals surface area contributed by atoms with E-state index in [9.17, 15) is 0 Å². The second-order valence-electron chi connectivity index (χ2n) is 3.01. The van der Waals surface area contributed by atoms with E-state index in [1.54, 1.807) is 0 Å². The van der Waals surface area contributed by atoms with Crippen LogP contribution in [0.4, 0.5) is 0 Å². The summed E-state index contributed by atoms with van der Waals surface area (Å²) in [5.41, 5.74) is 1.20. The van der Waals surface area contributed by atoms with Gasteiger partial charge in [-0.05, 0) is 5.56 Å². The monoisotopic (exact) mass is 233 g/mol. The molecule has 1 atom stereocenters. The summed E-state index contributed by atoms with van der Waals surface area (Å²) in [5, 5.41) is 12.7. The quantitative estimate of drug-likeness (QED) is 0.648. The van der Waals surface area contributed by atoms with Crippen LogP contribution in [0.1, 0.15) is 18.4 Å². The molecule has 6 heteroatoms. The van der Waals surface area contributed by atoms with Crippen LogP contribution >= 0.6 is 0 Å². The molecule has 15 heavy (non-hydrogen) atoms. The Bertz CT molecular complexity index is 355. The van der Waals surface area contributed by atoms with Crippen molar-refractivity contribution in [3.8, 4) is 0 Å². The van der Waals surface area contributed by atoms with Crippen LogP contribution in [-0.4, -0.2) is 24.7 Å². The zero-order valence-corrected chi connectivity index (χ0v) is 9.18. The Labute approximate surface area is 89.4 Å². The number of rotatable bonds is 2. The minimum absolute atomic E-state index is 0.226. The van der Waals surface area contributed by atoms with Gasteiger partial charge in [0.25, 0.3) is 0 Å². The van der Waals surface area contributed by atoms with Gasteiger partial charge in [0, 0.05) is 12.5 Å². The number of aliphatic hydroxyl groups is 1. The molecule has 0 aliphatic rings. The van der Waals surface area contributed by atoms with Crippen molar-refractivity contribution >= 4 is 10.3 Å². The minimum Gasteiger partial charge on any atom is -0.396 e. The van der Waals surface area contributed by atoms with E-state index in [4.69, 9.17) is 18.1 Å². The highest BCUT2D eigenvalue weighted by Crippen LogP contribution is 2.12. The molecular weight excluding hydrogens is 218 g/mol. The van der Waals surface area contributed by atoms with Crippen LogP contribution in [-0.2, 0) is 10.3 Å². The van der Waals surface area contributed by atoms with E-state index in [1.807, 2.05) is 37.3 Å². The fourth-order valence-electron chi connectivity index (χ4n) is 0.887. The fraction of sp³-hybridized carbons (Fsp3) is 0.333. The van der Waals surface area contributed by atoms with E-state index in [0.717, 1.165) is 0 Å². The first-order chi connectivity index (χ1) is 6.84. The van der Waals surface area contributed by atoms with E-state index in [0.29, 0.717) is 0 Å². The first-order valence-corrected chi connectivity index (χ1v) is 5.76.